The minimum Gasteiger partial charge on any atom is -0.379 e. The van der Waals surface area contributed by atoms with Gasteiger partial charge in [0.1, 0.15) is 9.84 Å². The molecule has 6 nitrogen and oxygen atoms in total. The van der Waals surface area contributed by atoms with Gasteiger partial charge in [0.25, 0.3) is 0 Å². The van der Waals surface area contributed by atoms with Crippen molar-refractivity contribution in [1.82, 2.24) is 10.2 Å². The van der Waals surface area contributed by atoms with E-state index in [1.54, 1.807) is 7.05 Å². The molecule has 0 bridgehead atoms. The van der Waals surface area contributed by atoms with E-state index in [0.717, 1.165) is 19.0 Å². The number of hydrogen-bond donors (Lipinski definition) is 1. The smallest absolute Gasteiger partial charge is 0.193 e. The van der Waals surface area contributed by atoms with E-state index in [1.807, 2.05) is 0 Å². The number of ether oxygens (including phenoxy) is 1. The van der Waals surface area contributed by atoms with Crippen LogP contribution in [0.3, 0.4) is 0 Å². The van der Waals surface area contributed by atoms with Gasteiger partial charge >= 0.3 is 0 Å². The number of likely N-dealkylation sites (tertiary alicyclic amines) is 1. The molecule has 1 fully saturated rings. The molecule has 0 aromatic carbocycles. The van der Waals surface area contributed by atoms with Gasteiger partial charge in [-0.3, -0.25) is 4.99 Å². The highest BCUT2D eigenvalue weighted by atomic mass is 127. The topological polar surface area (TPSA) is 71.0 Å². The summed E-state index contributed by atoms with van der Waals surface area (Å²) < 4.78 is 27.2. The van der Waals surface area contributed by atoms with Crippen LogP contribution in [0.1, 0.15) is 19.8 Å². The van der Waals surface area contributed by atoms with Gasteiger partial charge in [-0.05, 0) is 18.8 Å². The summed E-state index contributed by atoms with van der Waals surface area (Å²) in [5, 5.41) is 3.26. The van der Waals surface area contributed by atoms with E-state index in [9.17, 15) is 8.42 Å². The van der Waals surface area contributed by atoms with Crippen LogP contribution in [0, 0.1) is 5.92 Å². The van der Waals surface area contributed by atoms with E-state index in [1.165, 1.54) is 19.1 Å². The largest absolute Gasteiger partial charge is 0.379 e. The van der Waals surface area contributed by atoms with Crippen molar-refractivity contribution in [2.24, 2.45) is 10.9 Å². The van der Waals surface area contributed by atoms with Crippen LogP contribution in [0.2, 0.25) is 0 Å². The summed E-state index contributed by atoms with van der Waals surface area (Å²) in [5.41, 5.74) is 0. The maximum Gasteiger partial charge on any atom is 0.193 e. The monoisotopic (exact) mass is 433 g/mol. The summed E-state index contributed by atoms with van der Waals surface area (Å²) in [6.45, 7) is 5.71. The lowest BCUT2D eigenvalue weighted by atomic mass is 10.0. The van der Waals surface area contributed by atoms with E-state index < -0.39 is 9.84 Å². The van der Waals surface area contributed by atoms with Crippen LogP contribution >= 0.6 is 24.0 Å². The second-order valence-corrected chi connectivity index (χ2v) is 7.67. The third-order valence-corrected chi connectivity index (χ3v) is 4.20. The highest BCUT2D eigenvalue weighted by molar-refractivity contribution is 14.0. The fraction of sp³-hybridized carbons (Fsp3) is 0.923. The lowest BCUT2D eigenvalue weighted by Crippen LogP contribution is -2.47. The number of rotatable bonds is 6. The number of nitrogens with one attached hydrogen (secondary N) is 1. The third kappa shape index (κ3) is 9.51. The molecular formula is C13H28IN3O3S. The Kier molecular flexibility index (Phi) is 10.6. The standard InChI is InChI=1S/C13H27N3O3S.HI/c1-12-5-4-7-16(11-12)13(14-2)15-6-8-19-9-10-20(3,17)18;/h12H,4-11H2,1-3H3,(H,14,15);1H. The van der Waals surface area contributed by atoms with Gasteiger partial charge in [-0.15, -0.1) is 24.0 Å². The number of halogens is 1. The first-order valence-corrected chi connectivity index (χ1v) is 9.19. The Hall–Kier alpha value is -0.0900. The lowest BCUT2D eigenvalue weighted by Gasteiger charge is -2.33. The van der Waals surface area contributed by atoms with Crippen molar-refractivity contribution in [1.29, 1.82) is 0 Å². The van der Waals surface area contributed by atoms with Crippen molar-refractivity contribution in [2.45, 2.75) is 19.8 Å². The molecule has 0 aromatic rings. The van der Waals surface area contributed by atoms with Crippen LogP contribution in [0.25, 0.3) is 0 Å². The SMILES string of the molecule is CN=C(NCCOCCS(C)(=O)=O)N1CCCC(C)C1.I. The minimum absolute atomic E-state index is 0. The van der Waals surface area contributed by atoms with Crippen LogP contribution in [0.4, 0.5) is 0 Å². The van der Waals surface area contributed by atoms with E-state index in [4.69, 9.17) is 4.74 Å². The number of guanidine groups is 1. The molecule has 8 heteroatoms. The molecule has 1 aliphatic rings. The van der Waals surface area contributed by atoms with Gasteiger partial charge in [0.15, 0.2) is 5.96 Å². The highest BCUT2D eigenvalue weighted by Crippen LogP contribution is 2.15. The zero-order chi connectivity index (χ0) is 15.0. The average Bonchev–Trinajstić information content (AvgIpc) is 2.36. The second-order valence-electron chi connectivity index (χ2n) is 5.41. The van der Waals surface area contributed by atoms with Crippen molar-refractivity contribution in [2.75, 3.05) is 51.9 Å². The first kappa shape index (κ1) is 20.9. The number of hydrogen-bond acceptors (Lipinski definition) is 4. The molecule has 0 radical (unpaired) electrons. The molecule has 1 saturated heterocycles. The Morgan fingerprint density at radius 3 is 2.71 bits per heavy atom. The van der Waals surface area contributed by atoms with Crippen LogP contribution in [-0.4, -0.2) is 71.2 Å². The summed E-state index contributed by atoms with van der Waals surface area (Å²) in [6, 6.07) is 0. The van der Waals surface area contributed by atoms with Crippen molar-refractivity contribution < 1.29 is 13.2 Å². The molecule has 1 atom stereocenters. The Morgan fingerprint density at radius 2 is 2.14 bits per heavy atom. The molecule has 126 valence electrons. The third-order valence-electron chi connectivity index (χ3n) is 3.30. The fourth-order valence-corrected chi connectivity index (χ4v) is 2.68. The Bertz CT molecular complexity index is 415. The van der Waals surface area contributed by atoms with Gasteiger partial charge in [-0.25, -0.2) is 8.42 Å². The number of nitrogens with zero attached hydrogens (tertiary/aromatic N) is 2. The Morgan fingerprint density at radius 1 is 1.43 bits per heavy atom. The molecule has 1 unspecified atom stereocenters. The zero-order valence-corrected chi connectivity index (χ0v) is 16.3. The Balaban J connectivity index is 0.00000400. The van der Waals surface area contributed by atoms with Crippen LogP contribution in [0.5, 0.6) is 0 Å². The van der Waals surface area contributed by atoms with Crippen LogP contribution < -0.4 is 5.32 Å². The molecule has 1 N–H and O–H groups in total. The molecule has 1 heterocycles. The van der Waals surface area contributed by atoms with Gasteiger partial charge < -0.3 is 15.0 Å². The molecule has 1 rings (SSSR count). The molecule has 0 saturated carbocycles. The number of piperidine rings is 1. The maximum atomic E-state index is 10.9. The fourth-order valence-electron chi connectivity index (χ4n) is 2.26. The van der Waals surface area contributed by atoms with Crippen molar-refractivity contribution in [3.05, 3.63) is 0 Å². The van der Waals surface area contributed by atoms with E-state index >= 15 is 0 Å². The predicted molar refractivity (Wildman–Crippen MR) is 97.3 cm³/mol. The van der Waals surface area contributed by atoms with Crippen LogP contribution in [0.15, 0.2) is 4.99 Å². The molecule has 21 heavy (non-hydrogen) atoms. The van der Waals surface area contributed by atoms with E-state index in [2.05, 4.69) is 22.1 Å². The second kappa shape index (κ2) is 10.6. The molecule has 0 amide bonds. The van der Waals surface area contributed by atoms with E-state index in [0.29, 0.717) is 19.1 Å². The molecule has 0 aromatic heterocycles. The molecular weight excluding hydrogens is 405 g/mol. The minimum atomic E-state index is -2.93. The highest BCUT2D eigenvalue weighted by Gasteiger charge is 2.18. The average molecular weight is 433 g/mol. The quantitative estimate of drug-likeness (QED) is 0.293. The summed E-state index contributed by atoms with van der Waals surface area (Å²) in [5.74, 6) is 1.68. The van der Waals surface area contributed by atoms with Crippen molar-refractivity contribution in [3.8, 4) is 0 Å². The summed E-state index contributed by atoms with van der Waals surface area (Å²) >= 11 is 0. The van der Waals surface area contributed by atoms with Gasteiger partial charge in [0.2, 0.25) is 0 Å². The lowest BCUT2D eigenvalue weighted by molar-refractivity contribution is 0.152. The summed E-state index contributed by atoms with van der Waals surface area (Å²) in [7, 11) is -1.15. The molecule has 0 spiro atoms. The van der Waals surface area contributed by atoms with Gasteiger partial charge in [0.05, 0.1) is 19.0 Å². The summed E-state index contributed by atoms with van der Waals surface area (Å²) in [4.78, 5) is 6.55. The normalized spacial score (nSPS) is 20.0. The molecule has 1 aliphatic heterocycles. The van der Waals surface area contributed by atoms with E-state index in [-0.39, 0.29) is 36.3 Å². The van der Waals surface area contributed by atoms with Gasteiger partial charge in [0, 0.05) is 32.9 Å². The van der Waals surface area contributed by atoms with Crippen molar-refractivity contribution in [3.63, 3.8) is 0 Å². The maximum absolute atomic E-state index is 10.9. The number of sulfone groups is 1. The van der Waals surface area contributed by atoms with Gasteiger partial charge in [-0.2, -0.15) is 0 Å². The van der Waals surface area contributed by atoms with Crippen molar-refractivity contribution >= 4 is 39.8 Å². The Labute approximate surface area is 145 Å². The summed E-state index contributed by atoms with van der Waals surface area (Å²) in [6.07, 6.45) is 3.70. The first-order valence-electron chi connectivity index (χ1n) is 7.13. The first-order chi connectivity index (χ1) is 9.42. The molecule has 0 aliphatic carbocycles. The van der Waals surface area contributed by atoms with Gasteiger partial charge in [-0.1, -0.05) is 6.92 Å². The number of aliphatic imine (C=N–C) groups is 1. The van der Waals surface area contributed by atoms with Crippen LogP contribution in [-0.2, 0) is 14.6 Å². The predicted octanol–water partition coefficient (Wildman–Crippen LogP) is 0.973. The zero-order valence-electron chi connectivity index (χ0n) is 13.2.